The minimum Gasteiger partial charge on any atom is -0.480 e. The fraction of sp³-hybridized carbons (Fsp3) is 0.917. The topological polar surface area (TPSA) is 63.3 Å². The van der Waals surface area contributed by atoms with Crippen molar-refractivity contribution in [2.24, 2.45) is 11.7 Å². The van der Waals surface area contributed by atoms with Crippen molar-refractivity contribution in [2.75, 3.05) is 5.75 Å². The lowest BCUT2D eigenvalue weighted by Gasteiger charge is -2.30. The maximum atomic E-state index is 10.6. The molecule has 3 nitrogen and oxygen atoms in total. The Bertz CT molecular complexity index is 223. The molecule has 0 amide bonds. The lowest BCUT2D eigenvalue weighted by atomic mass is 9.87. The summed E-state index contributed by atoms with van der Waals surface area (Å²) < 4.78 is 0. The van der Waals surface area contributed by atoms with Gasteiger partial charge in [0.05, 0.1) is 0 Å². The number of thioether (sulfide) groups is 1. The summed E-state index contributed by atoms with van der Waals surface area (Å²) in [4.78, 5) is 10.6. The lowest BCUT2D eigenvalue weighted by molar-refractivity contribution is -0.138. The molecule has 1 fully saturated rings. The minimum absolute atomic E-state index is 0.590. The van der Waals surface area contributed by atoms with Gasteiger partial charge in [0.2, 0.25) is 0 Å². The van der Waals surface area contributed by atoms with Gasteiger partial charge in [0.15, 0.2) is 0 Å². The maximum absolute atomic E-state index is 10.6. The number of carbonyl (C=O) groups is 1. The molecule has 3 unspecified atom stereocenters. The quantitative estimate of drug-likeness (QED) is 0.754. The van der Waals surface area contributed by atoms with Gasteiger partial charge in [-0.25, -0.2) is 0 Å². The fourth-order valence-electron chi connectivity index (χ4n) is 2.33. The molecular formula is C12H23NO2S. The first-order valence-electron chi connectivity index (χ1n) is 6.25. The summed E-state index contributed by atoms with van der Waals surface area (Å²) in [5.74, 6) is 0.838. The number of nitrogens with two attached hydrogens (primary N) is 1. The van der Waals surface area contributed by atoms with E-state index in [1.165, 1.54) is 32.1 Å². The molecule has 0 aliphatic heterocycles. The van der Waals surface area contributed by atoms with Crippen LogP contribution < -0.4 is 5.73 Å². The Morgan fingerprint density at radius 1 is 1.50 bits per heavy atom. The summed E-state index contributed by atoms with van der Waals surface area (Å²) in [6.45, 7) is 2.26. The third-order valence-corrected chi connectivity index (χ3v) is 4.96. The van der Waals surface area contributed by atoms with E-state index in [-0.39, 0.29) is 0 Å². The van der Waals surface area contributed by atoms with Crippen molar-refractivity contribution >= 4 is 17.7 Å². The Morgan fingerprint density at radius 2 is 2.19 bits per heavy atom. The molecule has 94 valence electrons. The average molecular weight is 245 g/mol. The van der Waals surface area contributed by atoms with Crippen LogP contribution in [0, 0.1) is 5.92 Å². The van der Waals surface area contributed by atoms with Gasteiger partial charge in [0.25, 0.3) is 0 Å². The Kier molecular flexibility index (Phi) is 6.21. The van der Waals surface area contributed by atoms with E-state index in [1.807, 2.05) is 11.8 Å². The van der Waals surface area contributed by atoms with Crippen molar-refractivity contribution in [3.05, 3.63) is 0 Å². The van der Waals surface area contributed by atoms with E-state index in [2.05, 4.69) is 6.92 Å². The lowest BCUT2D eigenvalue weighted by Crippen LogP contribution is -2.31. The van der Waals surface area contributed by atoms with Crippen LogP contribution >= 0.6 is 11.8 Å². The third-order valence-electron chi connectivity index (χ3n) is 3.44. The molecule has 0 aromatic carbocycles. The fourth-order valence-corrected chi connectivity index (χ4v) is 3.96. The number of hydrogen-bond acceptors (Lipinski definition) is 3. The smallest absolute Gasteiger partial charge is 0.320 e. The predicted molar refractivity (Wildman–Crippen MR) is 68.7 cm³/mol. The summed E-state index contributed by atoms with van der Waals surface area (Å²) in [5, 5.41) is 9.42. The van der Waals surface area contributed by atoms with Crippen molar-refractivity contribution in [1.82, 2.24) is 0 Å². The first-order chi connectivity index (χ1) is 7.65. The van der Waals surface area contributed by atoms with Gasteiger partial charge < -0.3 is 10.8 Å². The highest BCUT2D eigenvalue weighted by Crippen LogP contribution is 2.35. The zero-order valence-corrected chi connectivity index (χ0v) is 10.8. The summed E-state index contributed by atoms with van der Waals surface area (Å²) in [6.07, 6.45) is 7.18. The van der Waals surface area contributed by atoms with Gasteiger partial charge in [-0.2, -0.15) is 11.8 Å². The molecular weight excluding hydrogens is 222 g/mol. The summed E-state index contributed by atoms with van der Waals surface area (Å²) in [6, 6.07) is -0.684. The van der Waals surface area contributed by atoms with Gasteiger partial charge in [-0.15, -0.1) is 0 Å². The maximum Gasteiger partial charge on any atom is 0.320 e. The number of carboxylic acid groups (broad SMARTS) is 1. The zero-order chi connectivity index (χ0) is 12.0. The van der Waals surface area contributed by atoms with Crippen LogP contribution in [0.3, 0.4) is 0 Å². The molecule has 16 heavy (non-hydrogen) atoms. The van der Waals surface area contributed by atoms with Crippen LogP contribution in [-0.4, -0.2) is 28.1 Å². The van der Waals surface area contributed by atoms with Gasteiger partial charge in [-0.05, 0) is 30.9 Å². The molecule has 0 aromatic rings. The second-order valence-electron chi connectivity index (χ2n) is 4.60. The van der Waals surface area contributed by atoms with Crippen molar-refractivity contribution in [3.63, 3.8) is 0 Å². The van der Waals surface area contributed by atoms with Crippen molar-refractivity contribution in [2.45, 2.75) is 56.7 Å². The molecule has 1 rings (SSSR count). The monoisotopic (exact) mass is 245 g/mol. The van der Waals surface area contributed by atoms with Crippen LogP contribution in [0.5, 0.6) is 0 Å². The second kappa shape index (κ2) is 7.17. The third kappa shape index (κ3) is 4.34. The Morgan fingerprint density at radius 3 is 2.81 bits per heavy atom. The average Bonchev–Trinajstić information content (AvgIpc) is 2.29. The van der Waals surface area contributed by atoms with E-state index in [9.17, 15) is 4.79 Å². The number of carboxylic acids is 1. The highest BCUT2D eigenvalue weighted by atomic mass is 32.2. The Balaban J connectivity index is 2.22. The van der Waals surface area contributed by atoms with Crippen LogP contribution in [0.4, 0.5) is 0 Å². The largest absolute Gasteiger partial charge is 0.480 e. The van der Waals surface area contributed by atoms with E-state index in [1.54, 1.807) is 0 Å². The van der Waals surface area contributed by atoms with Gasteiger partial charge in [-0.3, -0.25) is 4.79 Å². The van der Waals surface area contributed by atoms with Gasteiger partial charge in [0, 0.05) is 5.25 Å². The van der Waals surface area contributed by atoms with Gasteiger partial charge in [-0.1, -0.05) is 26.2 Å². The van der Waals surface area contributed by atoms with Gasteiger partial charge >= 0.3 is 5.97 Å². The molecule has 0 saturated heterocycles. The molecule has 1 saturated carbocycles. The molecule has 0 spiro atoms. The van der Waals surface area contributed by atoms with Crippen LogP contribution in [0.15, 0.2) is 0 Å². The molecule has 3 N–H and O–H groups in total. The highest BCUT2D eigenvalue weighted by Gasteiger charge is 2.24. The number of rotatable bonds is 6. The van der Waals surface area contributed by atoms with E-state index < -0.39 is 12.0 Å². The second-order valence-corrected chi connectivity index (χ2v) is 5.94. The van der Waals surface area contributed by atoms with Gasteiger partial charge in [0.1, 0.15) is 6.04 Å². The molecule has 0 radical (unpaired) electrons. The van der Waals surface area contributed by atoms with Crippen LogP contribution in [0.1, 0.15) is 45.4 Å². The molecule has 0 aromatic heterocycles. The molecule has 1 aliphatic carbocycles. The SMILES string of the molecule is CCC1CCCCC1SCCC(N)C(=O)O. The van der Waals surface area contributed by atoms with Crippen molar-refractivity contribution in [3.8, 4) is 0 Å². The van der Waals surface area contributed by atoms with Crippen LogP contribution in [-0.2, 0) is 4.79 Å². The first kappa shape index (κ1) is 13.8. The van der Waals surface area contributed by atoms with E-state index in [0.29, 0.717) is 6.42 Å². The molecule has 4 heteroatoms. The van der Waals surface area contributed by atoms with Crippen LogP contribution in [0.25, 0.3) is 0 Å². The zero-order valence-electron chi connectivity index (χ0n) is 10.0. The Hall–Kier alpha value is -0.220. The normalized spacial score (nSPS) is 27.6. The molecule has 0 heterocycles. The molecule has 1 aliphatic rings. The van der Waals surface area contributed by atoms with Crippen molar-refractivity contribution in [1.29, 1.82) is 0 Å². The Labute approximate surface area is 102 Å². The number of hydrogen-bond donors (Lipinski definition) is 2. The van der Waals surface area contributed by atoms with Crippen LogP contribution in [0.2, 0.25) is 0 Å². The predicted octanol–water partition coefficient (Wildman–Crippen LogP) is 2.49. The summed E-state index contributed by atoms with van der Waals surface area (Å²) in [5.41, 5.74) is 5.49. The summed E-state index contributed by atoms with van der Waals surface area (Å²) in [7, 11) is 0. The standard InChI is InChI=1S/C12H23NO2S/c1-2-9-5-3-4-6-11(9)16-8-7-10(13)12(14)15/h9-11H,2-8,13H2,1H3,(H,14,15). The minimum atomic E-state index is -0.878. The van der Waals surface area contributed by atoms with Crippen molar-refractivity contribution < 1.29 is 9.90 Å². The van der Waals surface area contributed by atoms with E-state index in [4.69, 9.17) is 10.8 Å². The highest BCUT2D eigenvalue weighted by molar-refractivity contribution is 7.99. The molecule has 3 atom stereocenters. The summed E-state index contributed by atoms with van der Waals surface area (Å²) >= 11 is 1.93. The molecule has 0 bridgehead atoms. The number of aliphatic carboxylic acids is 1. The van der Waals surface area contributed by atoms with E-state index in [0.717, 1.165) is 16.9 Å². The van der Waals surface area contributed by atoms with E-state index >= 15 is 0 Å². The first-order valence-corrected chi connectivity index (χ1v) is 7.30.